The van der Waals surface area contributed by atoms with Crippen molar-refractivity contribution in [1.82, 2.24) is 9.03 Å². The Hall–Kier alpha value is -1.49. The minimum Gasteiger partial charge on any atom is -0.493 e. The van der Waals surface area contributed by atoms with Gasteiger partial charge < -0.3 is 4.74 Å². The number of ether oxygens (including phenoxy) is 1. The largest absolute Gasteiger partial charge is 0.493 e. The normalized spacial score (nSPS) is 20.0. The third-order valence-corrected chi connectivity index (χ3v) is 9.82. The molecule has 1 heterocycles. The lowest BCUT2D eigenvalue weighted by molar-refractivity contribution is 0.0980. The molecular weight excluding hydrogens is 558 g/mol. The van der Waals surface area contributed by atoms with Gasteiger partial charge in [0.15, 0.2) is 0 Å². The number of halogens is 3. The van der Waals surface area contributed by atoms with Crippen molar-refractivity contribution in [2.45, 2.75) is 54.6 Å². The third-order valence-electron chi connectivity index (χ3n) is 6.58. The summed E-state index contributed by atoms with van der Waals surface area (Å²) >= 11 is 4.50. The average Bonchev–Trinajstić information content (AvgIpc) is 3.77. The van der Waals surface area contributed by atoms with Crippen LogP contribution < -0.4 is 9.46 Å². The van der Waals surface area contributed by atoms with E-state index in [0.717, 1.165) is 44.1 Å². The number of hydrogen-bond donors (Lipinski definition) is 1. The van der Waals surface area contributed by atoms with Crippen molar-refractivity contribution in [3.05, 3.63) is 57.6 Å². The fourth-order valence-corrected chi connectivity index (χ4v) is 6.38. The number of nitrogens with one attached hydrogen (secondary N) is 1. The van der Waals surface area contributed by atoms with Crippen LogP contribution in [0, 0.1) is 17.6 Å². The number of nitrogens with zero attached hydrogens (tertiary/aromatic N) is 1. The van der Waals surface area contributed by atoms with Crippen LogP contribution >= 0.6 is 27.9 Å². The van der Waals surface area contributed by atoms with Crippen molar-refractivity contribution >= 4 is 44.8 Å². The second-order valence-corrected chi connectivity index (χ2v) is 12.8. The van der Waals surface area contributed by atoms with Gasteiger partial charge in [0.25, 0.3) is 5.91 Å². The molecule has 5 nitrogen and oxygen atoms in total. The van der Waals surface area contributed by atoms with Crippen molar-refractivity contribution in [3.63, 3.8) is 0 Å². The molecule has 5 rings (SSSR count). The van der Waals surface area contributed by atoms with Crippen LogP contribution in [0.2, 0.25) is 0 Å². The van der Waals surface area contributed by atoms with Gasteiger partial charge in [-0.2, -0.15) is 0 Å². The quantitative estimate of drug-likeness (QED) is 0.369. The van der Waals surface area contributed by atoms with Crippen molar-refractivity contribution in [2.75, 3.05) is 19.7 Å². The molecule has 188 valence electrons. The molecule has 0 aromatic heterocycles. The fourth-order valence-electron chi connectivity index (χ4n) is 4.15. The zero-order chi connectivity index (χ0) is 24.5. The summed E-state index contributed by atoms with van der Waals surface area (Å²) in [5, 5.41) is 0.451. The van der Waals surface area contributed by atoms with Crippen LogP contribution in [-0.4, -0.2) is 39.4 Å². The molecule has 0 bridgehead atoms. The SMILES string of the molecule is O=C(NSC1CC1)c1cc(C2CC2)c(OCC2CCN(S(=O)c3ccc(Br)c(F)c3)CC2)cc1F. The first kappa shape index (κ1) is 25.2. The van der Waals surface area contributed by atoms with Crippen molar-refractivity contribution < 1.29 is 22.5 Å². The maximum absolute atomic E-state index is 14.8. The van der Waals surface area contributed by atoms with E-state index in [1.165, 1.54) is 24.1 Å². The van der Waals surface area contributed by atoms with Crippen molar-refractivity contribution in [2.24, 2.45) is 5.92 Å². The summed E-state index contributed by atoms with van der Waals surface area (Å²) in [5.74, 6) is -0.304. The number of hydrogen-bond acceptors (Lipinski definition) is 4. The lowest BCUT2D eigenvalue weighted by Crippen LogP contribution is -2.36. The predicted molar refractivity (Wildman–Crippen MR) is 137 cm³/mol. The standard InChI is InChI=1S/C25H27BrF2N2O3S2/c26-21-6-5-18(11-23(21)28)35(32)30-9-7-15(8-10-30)14-33-24-13-22(27)20(12-19(24)16-1-2-16)25(31)29-34-17-3-4-17/h5-6,11-13,15-17H,1-4,7-10,14H2,(H,29,31). The van der Waals surface area contributed by atoms with Gasteiger partial charge in [-0.05, 0) is 108 Å². The number of amides is 1. The molecule has 2 aromatic carbocycles. The topological polar surface area (TPSA) is 58.6 Å². The lowest BCUT2D eigenvalue weighted by Gasteiger charge is -2.31. The minimum absolute atomic E-state index is 0.0764. The molecule has 1 saturated heterocycles. The summed E-state index contributed by atoms with van der Waals surface area (Å²) in [5.41, 5.74) is 0.983. The summed E-state index contributed by atoms with van der Waals surface area (Å²) in [6.45, 7) is 1.66. The van der Waals surface area contributed by atoms with Crippen molar-refractivity contribution in [3.8, 4) is 5.75 Å². The Balaban J connectivity index is 1.17. The van der Waals surface area contributed by atoms with Gasteiger partial charge in [-0.15, -0.1) is 0 Å². The van der Waals surface area contributed by atoms with Crippen LogP contribution in [0.15, 0.2) is 39.7 Å². The molecule has 1 atom stereocenters. The molecule has 0 radical (unpaired) electrons. The maximum atomic E-state index is 14.8. The van der Waals surface area contributed by atoms with E-state index in [4.69, 9.17) is 4.74 Å². The van der Waals surface area contributed by atoms with Gasteiger partial charge in [0.1, 0.15) is 28.4 Å². The molecule has 1 unspecified atom stereocenters. The van der Waals surface area contributed by atoms with E-state index in [2.05, 4.69) is 20.7 Å². The van der Waals surface area contributed by atoms with E-state index >= 15 is 0 Å². The zero-order valence-electron chi connectivity index (χ0n) is 19.1. The summed E-state index contributed by atoms with van der Waals surface area (Å²) in [7, 11) is -1.41. The molecule has 2 aliphatic carbocycles. The van der Waals surface area contributed by atoms with E-state index in [1.807, 2.05) is 4.31 Å². The van der Waals surface area contributed by atoms with Crippen molar-refractivity contribution in [1.29, 1.82) is 0 Å². The van der Waals surface area contributed by atoms with E-state index < -0.39 is 22.6 Å². The molecule has 1 amide bonds. The average molecular weight is 586 g/mol. The van der Waals surface area contributed by atoms with Gasteiger partial charge in [0.2, 0.25) is 0 Å². The predicted octanol–water partition coefficient (Wildman–Crippen LogP) is 5.96. The summed E-state index contributed by atoms with van der Waals surface area (Å²) in [6, 6.07) is 7.56. The van der Waals surface area contributed by atoms with Gasteiger partial charge in [0.05, 0.1) is 21.5 Å². The van der Waals surface area contributed by atoms with Gasteiger partial charge in [0, 0.05) is 24.4 Å². The molecule has 1 N–H and O–H groups in total. The van der Waals surface area contributed by atoms with Gasteiger partial charge in [-0.25, -0.2) is 17.3 Å². The van der Waals surface area contributed by atoms with Crippen LogP contribution in [0.1, 0.15) is 60.4 Å². The Kier molecular flexibility index (Phi) is 7.81. The highest BCUT2D eigenvalue weighted by molar-refractivity contribution is 9.10. The van der Waals surface area contributed by atoms with Gasteiger partial charge >= 0.3 is 0 Å². The number of carbonyl (C=O) groups is 1. The first-order valence-electron chi connectivity index (χ1n) is 11.9. The minimum atomic E-state index is -1.41. The van der Waals surface area contributed by atoms with Gasteiger partial charge in [-0.1, -0.05) is 0 Å². The third kappa shape index (κ3) is 6.26. The number of piperidine rings is 1. The van der Waals surface area contributed by atoms with Crippen LogP contribution in [0.5, 0.6) is 5.75 Å². The summed E-state index contributed by atoms with van der Waals surface area (Å²) in [6.07, 6.45) is 5.77. The maximum Gasteiger partial charge on any atom is 0.264 e. The summed E-state index contributed by atoms with van der Waals surface area (Å²) in [4.78, 5) is 12.9. The summed E-state index contributed by atoms with van der Waals surface area (Å²) < 4.78 is 52.5. The Morgan fingerprint density at radius 3 is 2.49 bits per heavy atom. The molecule has 3 fully saturated rings. The van der Waals surface area contributed by atoms with Gasteiger partial charge in [-0.3, -0.25) is 9.52 Å². The molecule has 0 spiro atoms. The molecule has 35 heavy (non-hydrogen) atoms. The van der Waals surface area contributed by atoms with E-state index in [9.17, 15) is 17.8 Å². The Bertz CT molecular complexity index is 1140. The molecule has 3 aliphatic rings. The van der Waals surface area contributed by atoms with Crippen LogP contribution in [0.4, 0.5) is 8.78 Å². The molecule has 10 heteroatoms. The van der Waals surface area contributed by atoms with Crippen LogP contribution in [0.25, 0.3) is 0 Å². The van der Waals surface area contributed by atoms with E-state index in [-0.39, 0.29) is 17.4 Å². The fraction of sp³-hybridized carbons (Fsp3) is 0.480. The lowest BCUT2D eigenvalue weighted by atomic mass is 9.99. The number of rotatable bonds is 9. The number of benzene rings is 2. The molecular formula is C25H27BrF2N2O3S2. The second kappa shape index (κ2) is 10.9. The Labute approximate surface area is 219 Å². The molecule has 2 aromatic rings. The monoisotopic (exact) mass is 584 g/mol. The first-order chi connectivity index (χ1) is 16.9. The van der Waals surface area contributed by atoms with E-state index in [1.54, 1.807) is 18.2 Å². The van der Waals surface area contributed by atoms with Crippen LogP contribution in [-0.2, 0) is 11.0 Å². The number of carbonyl (C=O) groups excluding carboxylic acids is 1. The highest BCUT2D eigenvalue weighted by atomic mass is 79.9. The second-order valence-electron chi connectivity index (χ2n) is 9.40. The molecule has 2 saturated carbocycles. The smallest absolute Gasteiger partial charge is 0.264 e. The molecule has 1 aliphatic heterocycles. The zero-order valence-corrected chi connectivity index (χ0v) is 22.3. The highest BCUT2D eigenvalue weighted by Crippen LogP contribution is 2.45. The highest BCUT2D eigenvalue weighted by Gasteiger charge is 2.31. The Morgan fingerprint density at radius 1 is 1.09 bits per heavy atom. The Morgan fingerprint density at radius 2 is 1.83 bits per heavy atom. The first-order valence-corrected chi connectivity index (χ1v) is 14.7. The van der Waals surface area contributed by atoms with E-state index in [0.29, 0.717) is 46.0 Å². The van der Waals surface area contributed by atoms with Crippen LogP contribution in [0.3, 0.4) is 0 Å².